The lowest BCUT2D eigenvalue weighted by molar-refractivity contribution is -0.385. The van der Waals surface area contributed by atoms with E-state index in [9.17, 15) is 14.9 Å². The van der Waals surface area contributed by atoms with Crippen molar-refractivity contribution in [1.29, 1.82) is 0 Å². The molecule has 0 bridgehead atoms. The van der Waals surface area contributed by atoms with E-state index in [1.165, 1.54) is 28.3 Å². The molecule has 1 aliphatic rings. The van der Waals surface area contributed by atoms with Gasteiger partial charge in [0.05, 0.1) is 10.6 Å². The maximum absolute atomic E-state index is 12.4. The molecule has 0 unspecified atom stereocenters. The first-order valence-corrected chi connectivity index (χ1v) is 9.10. The Balaban J connectivity index is 1.79. The summed E-state index contributed by atoms with van der Waals surface area (Å²) in [5.41, 5.74) is 1.14. The summed E-state index contributed by atoms with van der Waals surface area (Å²) in [6, 6.07) is 5.94. The van der Waals surface area contributed by atoms with Crippen LogP contribution in [0.3, 0.4) is 0 Å². The molecule has 2 aromatic rings. The molecular weight excluding hydrogens is 338 g/mol. The Morgan fingerprint density at radius 2 is 2.08 bits per heavy atom. The maximum atomic E-state index is 12.4. The molecule has 25 heavy (non-hydrogen) atoms. The minimum Gasteiger partial charge on any atom is -0.298 e. The summed E-state index contributed by atoms with van der Waals surface area (Å²) in [5.74, 6) is 0.102. The molecule has 1 heterocycles. The number of benzene rings is 1. The number of nitrogens with zero attached hydrogens (tertiary/aromatic N) is 2. The van der Waals surface area contributed by atoms with Gasteiger partial charge in [-0.05, 0) is 36.7 Å². The Hall–Kier alpha value is -2.28. The van der Waals surface area contributed by atoms with Gasteiger partial charge in [-0.3, -0.25) is 20.2 Å². The van der Waals surface area contributed by atoms with Gasteiger partial charge in [0.25, 0.3) is 11.6 Å². The van der Waals surface area contributed by atoms with Crippen LogP contribution in [0.4, 0.5) is 10.8 Å². The van der Waals surface area contributed by atoms with Gasteiger partial charge in [0.2, 0.25) is 0 Å². The lowest BCUT2D eigenvalue weighted by Gasteiger charge is -2.33. The fraction of sp³-hybridized carbons (Fsp3) is 0.444. The highest BCUT2D eigenvalue weighted by Crippen LogP contribution is 2.40. The van der Waals surface area contributed by atoms with Crippen LogP contribution in [0.2, 0.25) is 0 Å². The number of anilines is 1. The van der Waals surface area contributed by atoms with Gasteiger partial charge in [0.1, 0.15) is 5.56 Å². The summed E-state index contributed by atoms with van der Waals surface area (Å²) in [7, 11) is 0. The van der Waals surface area contributed by atoms with Crippen molar-refractivity contribution in [1.82, 2.24) is 4.98 Å². The molecule has 1 aliphatic carbocycles. The lowest BCUT2D eigenvalue weighted by atomic mass is 9.73. The van der Waals surface area contributed by atoms with Gasteiger partial charge in [0, 0.05) is 10.9 Å². The minimum atomic E-state index is -0.546. The Labute approximate surface area is 150 Å². The summed E-state index contributed by atoms with van der Waals surface area (Å²) in [6.45, 7) is 6.75. The largest absolute Gasteiger partial charge is 0.298 e. The molecule has 0 saturated carbocycles. The first-order chi connectivity index (χ1) is 11.8. The van der Waals surface area contributed by atoms with E-state index in [-0.39, 0.29) is 16.7 Å². The van der Waals surface area contributed by atoms with E-state index in [2.05, 4.69) is 31.1 Å². The number of thiazole rings is 1. The monoisotopic (exact) mass is 359 g/mol. The number of carbonyl (C=O) groups excluding carboxylic acids is 1. The van der Waals surface area contributed by atoms with Gasteiger partial charge < -0.3 is 0 Å². The van der Waals surface area contributed by atoms with E-state index < -0.39 is 10.8 Å². The predicted octanol–water partition coefficient (Wildman–Crippen LogP) is 4.45. The zero-order chi connectivity index (χ0) is 18.2. The number of rotatable bonds is 3. The molecule has 0 radical (unpaired) electrons. The first kappa shape index (κ1) is 17.5. The average molecular weight is 359 g/mol. The van der Waals surface area contributed by atoms with Crippen molar-refractivity contribution in [2.75, 3.05) is 5.32 Å². The topological polar surface area (TPSA) is 85.1 Å². The number of nitrogens with one attached hydrogen (secondary N) is 1. The maximum Gasteiger partial charge on any atom is 0.282 e. The zero-order valence-corrected chi connectivity index (χ0v) is 15.4. The number of hydrogen-bond acceptors (Lipinski definition) is 5. The second-order valence-electron chi connectivity index (χ2n) is 7.42. The molecule has 1 atom stereocenters. The molecule has 0 aliphatic heterocycles. The second-order valence-corrected chi connectivity index (χ2v) is 8.51. The van der Waals surface area contributed by atoms with Gasteiger partial charge in [0.15, 0.2) is 5.13 Å². The highest BCUT2D eigenvalue weighted by Gasteiger charge is 2.31. The standard InChI is InChI=1S/C18H21N3O3S/c1-18(2,3)11-8-9-13-15(10-11)25-17(19-13)20-16(22)12-6-4-5-7-14(12)21(23)24/h4-7,11H,8-10H2,1-3H3,(H,19,20,22)/t11-/m1/s1. The van der Waals surface area contributed by atoms with Crippen LogP contribution in [0.5, 0.6) is 0 Å². The average Bonchev–Trinajstić information content (AvgIpc) is 2.95. The Morgan fingerprint density at radius 3 is 2.76 bits per heavy atom. The third-order valence-corrected chi connectivity index (χ3v) is 5.77. The lowest BCUT2D eigenvalue weighted by Crippen LogP contribution is -2.26. The number of nitro benzene ring substituents is 1. The van der Waals surface area contributed by atoms with Crippen molar-refractivity contribution in [3.8, 4) is 0 Å². The number of carbonyl (C=O) groups is 1. The molecule has 0 spiro atoms. The van der Waals surface area contributed by atoms with Crippen LogP contribution in [0.1, 0.15) is 48.1 Å². The molecule has 7 heteroatoms. The number of fused-ring (bicyclic) bond motifs is 1. The Kier molecular flexibility index (Phi) is 4.60. The van der Waals surface area contributed by atoms with Crippen LogP contribution in [0.15, 0.2) is 24.3 Å². The molecule has 6 nitrogen and oxygen atoms in total. The van der Waals surface area contributed by atoms with Crippen molar-refractivity contribution in [3.63, 3.8) is 0 Å². The van der Waals surface area contributed by atoms with Crippen molar-refractivity contribution in [3.05, 3.63) is 50.5 Å². The summed E-state index contributed by atoms with van der Waals surface area (Å²) < 4.78 is 0. The number of aromatic nitrogens is 1. The molecule has 0 saturated heterocycles. The highest BCUT2D eigenvalue weighted by atomic mass is 32.1. The summed E-state index contributed by atoms with van der Waals surface area (Å²) in [5, 5.41) is 14.3. The number of nitro groups is 1. The van der Waals surface area contributed by atoms with Crippen LogP contribution in [0.25, 0.3) is 0 Å². The first-order valence-electron chi connectivity index (χ1n) is 8.29. The summed E-state index contributed by atoms with van der Waals surface area (Å²) in [4.78, 5) is 28.7. The molecule has 1 amide bonds. The fourth-order valence-electron chi connectivity index (χ4n) is 3.16. The van der Waals surface area contributed by atoms with E-state index in [4.69, 9.17) is 0 Å². The SMILES string of the molecule is CC(C)(C)[C@@H]1CCc2nc(NC(=O)c3ccccc3[N+](=O)[O-])sc2C1. The third kappa shape index (κ3) is 3.71. The van der Waals surface area contributed by atoms with Crippen molar-refractivity contribution in [2.24, 2.45) is 11.3 Å². The van der Waals surface area contributed by atoms with Crippen molar-refractivity contribution in [2.45, 2.75) is 40.0 Å². The molecule has 1 aromatic carbocycles. The van der Waals surface area contributed by atoms with E-state index in [1.807, 2.05) is 0 Å². The second kappa shape index (κ2) is 6.55. The Morgan fingerprint density at radius 1 is 1.36 bits per heavy atom. The molecule has 1 aromatic heterocycles. The van der Waals surface area contributed by atoms with E-state index >= 15 is 0 Å². The fourth-order valence-corrected chi connectivity index (χ4v) is 4.24. The zero-order valence-electron chi connectivity index (χ0n) is 14.5. The van der Waals surface area contributed by atoms with E-state index in [1.54, 1.807) is 12.1 Å². The minimum absolute atomic E-state index is 0.0493. The Bertz CT molecular complexity index is 823. The normalized spacial score (nSPS) is 17.0. The van der Waals surface area contributed by atoms with Crippen molar-refractivity contribution < 1.29 is 9.72 Å². The van der Waals surface area contributed by atoms with Crippen LogP contribution >= 0.6 is 11.3 Å². The van der Waals surface area contributed by atoms with Crippen LogP contribution in [-0.2, 0) is 12.8 Å². The van der Waals surface area contributed by atoms with Crippen LogP contribution in [0, 0.1) is 21.4 Å². The van der Waals surface area contributed by atoms with Gasteiger partial charge in [-0.2, -0.15) is 0 Å². The van der Waals surface area contributed by atoms with E-state index in [0.717, 1.165) is 25.0 Å². The van der Waals surface area contributed by atoms with Gasteiger partial charge in [-0.15, -0.1) is 11.3 Å². The number of para-hydroxylation sites is 1. The summed E-state index contributed by atoms with van der Waals surface area (Å²) in [6.07, 6.45) is 2.98. The summed E-state index contributed by atoms with van der Waals surface area (Å²) >= 11 is 1.48. The number of hydrogen-bond donors (Lipinski definition) is 1. The molecular formula is C18H21N3O3S. The highest BCUT2D eigenvalue weighted by molar-refractivity contribution is 7.15. The van der Waals surface area contributed by atoms with Gasteiger partial charge in [-0.1, -0.05) is 32.9 Å². The smallest absolute Gasteiger partial charge is 0.282 e. The molecule has 0 fully saturated rings. The third-order valence-electron chi connectivity index (χ3n) is 4.73. The number of amides is 1. The van der Waals surface area contributed by atoms with Crippen molar-refractivity contribution >= 4 is 28.1 Å². The van der Waals surface area contributed by atoms with Gasteiger partial charge in [-0.25, -0.2) is 4.98 Å². The van der Waals surface area contributed by atoms with Crippen LogP contribution < -0.4 is 5.32 Å². The molecule has 132 valence electrons. The number of aryl methyl sites for hydroxylation is 1. The quantitative estimate of drug-likeness (QED) is 0.648. The van der Waals surface area contributed by atoms with Crippen LogP contribution in [-0.4, -0.2) is 15.8 Å². The molecule has 1 N–H and O–H groups in total. The van der Waals surface area contributed by atoms with Gasteiger partial charge >= 0.3 is 0 Å². The van der Waals surface area contributed by atoms with E-state index in [0.29, 0.717) is 11.0 Å². The predicted molar refractivity (Wildman–Crippen MR) is 98.1 cm³/mol. The molecule has 3 rings (SSSR count).